The molecular weight excluding hydrogens is 1890 g/mol. The van der Waals surface area contributed by atoms with Crippen LogP contribution in [0.2, 0.25) is 0 Å². The number of nitrogens with two attached hydrogens (primary N) is 2. The van der Waals surface area contributed by atoms with Gasteiger partial charge >= 0.3 is 23.9 Å². The minimum absolute atomic E-state index is 0.00446. The minimum Gasteiger partial charge on any atom is -0.481 e. The highest BCUT2D eigenvalue weighted by molar-refractivity contribution is 7.80. The van der Waals surface area contributed by atoms with Crippen LogP contribution in [0.5, 0.6) is 0 Å². The van der Waals surface area contributed by atoms with Crippen molar-refractivity contribution in [2.24, 2.45) is 23.3 Å². The van der Waals surface area contributed by atoms with Gasteiger partial charge in [-0.3, -0.25) is 106 Å². The first kappa shape index (κ1) is 115. The SMILES string of the molecule is CCC(C)C(NC(=O)C(CCC(=O)O)NC(=O)C1CCCN1C(=O)C(Cc1c[nH]cn1)NC(=O)C(CC(=O)O)NC(=O)C(NC(=O)C(CC(N)=O)NC(=O)C(CS)NC(=O)C(C)NC(=O)C1CCCN1C(=O)C(Cc1c[nH]cn1)NC(=O)C(CO)NC(=O)C(CS)NC(=O)C(CS)NC(=O)C(CCC(=O)O)NC(=O)C1CCCN1)C(C)C)C(=O)NC(CS)C(=O)NC(CCCNC(=N)N)C(=O)O. The maximum absolute atomic E-state index is 14.9. The van der Waals surface area contributed by atoms with Gasteiger partial charge in [-0.05, 0) is 89.5 Å². The van der Waals surface area contributed by atoms with E-state index in [1.54, 1.807) is 13.8 Å². The number of rotatable bonds is 59. The van der Waals surface area contributed by atoms with Crippen molar-refractivity contribution >= 4 is 187 Å². The lowest BCUT2D eigenvalue weighted by Gasteiger charge is -2.31. The van der Waals surface area contributed by atoms with Crippen molar-refractivity contribution in [2.75, 3.05) is 55.8 Å². The third kappa shape index (κ3) is 37.1. The zero-order valence-corrected chi connectivity index (χ0v) is 79.3. The molecule has 0 bridgehead atoms. The first-order chi connectivity index (χ1) is 64.8. The van der Waals surface area contributed by atoms with Crippen LogP contribution in [0.4, 0.5) is 0 Å². The molecule has 2 aromatic rings. The summed E-state index contributed by atoms with van der Waals surface area (Å²) in [6.07, 6.45) is 1.63. The number of likely N-dealkylation sites (tertiary alicyclic amines) is 2. The number of carbonyl (C=O) groups excluding carboxylic acids is 18. The van der Waals surface area contributed by atoms with Crippen molar-refractivity contribution in [3.05, 3.63) is 36.4 Å². The molecule has 760 valence electrons. The Morgan fingerprint density at radius 3 is 1.25 bits per heavy atom. The average Bonchev–Trinajstić information content (AvgIpc) is 1.65. The highest BCUT2D eigenvalue weighted by Gasteiger charge is 2.45. The molecule has 137 heavy (non-hydrogen) atoms. The van der Waals surface area contributed by atoms with Crippen LogP contribution < -0.4 is 102 Å². The Morgan fingerprint density at radius 1 is 0.445 bits per heavy atom. The molecule has 5 rings (SSSR count). The minimum atomic E-state index is -2.08. The molecule has 19 unspecified atom stereocenters. The lowest BCUT2D eigenvalue weighted by Crippen LogP contribution is -2.62. The van der Waals surface area contributed by atoms with E-state index in [9.17, 15) is 131 Å². The molecule has 5 heterocycles. The summed E-state index contributed by atoms with van der Waals surface area (Å²) in [5, 5.41) is 98.2. The Morgan fingerprint density at radius 2 is 0.832 bits per heavy atom. The second-order valence-corrected chi connectivity index (χ2v) is 34.5. The standard InChI is InChI=1S/C80H124N26O27S4/c1-6-37(4)61(76(129)102-53(33-137)69(122)93-44(79(132)133)12-8-20-87-80(82)83)104-65(118)43(16-18-58(111)112)92-74(127)55-14-10-22-106(55)77(130)47(23-39-27-84-34-88-39)96-66(119)46(26-59(113)114)95-75(128)60(36(2)3)103-67(120)45(25-56(81)108)94-70(123)50(30-134)99-62(115)38(5)90-73(126)54-13-9-21-105(54)78(131)48(24-40-28-85-35-89-40)97-68(121)49(29-107)98-71(124)51(31-135)101-72(125)52(32-136)100-64(117)42(15-17-57(109)110)91-63(116)41-11-7-19-86-41/h27-28,34-38,41-55,60-61,86,107,134-137H,6-26,29-33H2,1-5H3,(H2,81,108)(H,84,88)(H,85,89)(H,90,126)(H,91,116)(H,92,127)(H,93,122)(H,94,123)(H,95,128)(H,96,119)(H,97,121)(H,98,124)(H,99,115)(H,100,117)(H,101,125)(H,102,129)(H,103,120)(H,104,118)(H,109,110)(H,111,112)(H,113,114)(H,132,133)(H4,82,83,87). The van der Waals surface area contributed by atoms with E-state index in [0.29, 0.717) is 19.4 Å². The summed E-state index contributed by atoms with van der Waals surface area (Å²) in [4.78, 5) is 315. The lowest BCUT2D eigenvalue weighted by molar-refractivity contribution is -0.144. The van der Waals surface area contributed by atoms with Crippen LogP contribution in [0, 0.1) is 17.2 Å². The predicted octanol–water partition coefficient (Wildman–Crippen LogP) is -10.2. The summed E-state index contributed by atoms with van der Waals surface area (Å²) in [6.45, 7) is 6.45. The van der Waals surface area contributed by atoms with Crippen LogP contribution >= 0.6 is 50.5 Å². The number of carboxylic acid groups (broad SMARTS) is 4. The molecule has 0 saturated carbocycles. The van der Waals surface area contributed by atoms with Crippen molar-refractivity contribution in [1.29, 1.82) is 5.41 Å². The molecule has 53 nitrogen and oxygen atoms in total. The molecule has 3 aliphatic rings. The molecule has 0 aliphatic carbocycles. The highest BCUT2D eigenvalue weighted by atomic mass is 32.1. The summed E-state index contributed by atoms with van der Waals surface area (Å²) in [5.74, 6) is -28.4. The van der Waals surface area contributed by atoms with Crippen LogP contribution in [-0.4, -0.2) is 356 Å². The number of carboxylic acids is 4. The number of primary amides is 1. The van der Waals surface area contributed by atoms with Gasteiger partial charge in [0.1, 0.15) is 103 Å². The molecule has 0 radical (unpaired) electrons. The number of guanidine groups is 1. The van der Waals surface area contributed by atoms with Crippen LogP contribution in [0.25, 0.3) is 0 Å². The number of aliphatic hydroxyl groups excluding tert-OH is 1. The fourth-order valence-electron chi connectivity index (χ4n) is 14.5. The number of H-pyrrole nitrogens is 2. The number of thiol groups is 4. The van der Waals surface area contributed by atoms with Crippen LogP contribution in [0.15, 0.2) is 25.0 Å². The second-order valence-electron chi connectivity index (χ2n) is 33.0. The van der Waals surface area contributed by atoms with Gasteiger partial charge in [0.2, 0.25) is 106 Å². The van der Waals surface area contributed by atoms with Gasteiger partial charge in [-0.1, -0.05) is 34.1 Å². The Labute approximate surface area is 807 Å². The van der Waals surface area contributed by atoms with Crippen molar-refractivity contribution < 1.29 is 131 Å². The molecule has 3 fully saturated rings. The molecule has 0 aromatic carbocycles. The maximum Gasteiger partial charge on any atom is 0.326 e. The Balaban J connectivity index is 1.24. The van der Waals surface area contributed by atoms with Crippen molar-refractivity contribution in [3.8, 4) is 0 Å². The highest BCUT2D eigenvalue weighted by Crippen LogP contribution is 2.24. The molecule has 29 N–H and O–H groups in total. The molecular formula is C80H124N26O27S4. The number of hydrogen-bond acceptors (Lipinski definition) is 31. The molecule has 19 atom stereocenters. The second kappa shape index (κ2) is 57.4. The van der Waals surface area contributed by atoms with E-state index in [-0.39, 0.29) is 106 Å². The Hall–Kier alpha value is -12.6. The van der Waals surface area contributed by atoms with Gasteiger partial charge in [-0.25, -0.2) is 14.8 Å². The largest absolute Gasteiger partial charge is 0.481 e. The number of amides is 18. The first-order valence-corrected chi connectivity index (χ1v) is 46.5. The number of aromatic amines is 2. The summed E-state index contributed by atoms with van der Waals surface area (Å²) >= 11 is 16.7. The number of aliphatic hydroxyl groups is 1. The van der Waals surface area contributed by atoms with E-state index in [4.69, 9.17) is 16.9 Å². The average molecular weight is 2010 g/mol. The smallest absolute Gasteiger partial charge is 0.326 e. The van der Waals surface area contributed by atoms with Crippen molar-refractivity contribution in [2.45, 2.75) is 253 Å². The molecule has 2 aromatic heterocycles. The summed E-state index contributed by atoms with van der Waals surface area (Å²) < 4.78 is 0. The number of nitrogens with one attached hydrogen (secondary N) is 20. The third-order valence-electron chi connectivity index (χ3n) is 22.3. The van der Waals surface area contributed by atoms with Gasteiger partial charge in [-0.2, -0.15) is 50.5 Å². The number of aromatic nitrogens is 4. The van der Waals surface area contributed by atoms with Gasteiger partial charge in [0.15, 0.2) is 5.96 Å². The molecule has 3 saturated heterocycles. The normalized spacial score (nSPS) is 18.0. The first-order valence-electron chi connectivity index (χ1n) is 43.9. The molecule has 3 aliphatic heterocycles. The van der Waals surface area contributed by atoms with Crippen molar-refractivity contribution in [3.63, 3.8) is 0 Å². The predicted molar refractivity (Wildman–Crippen MR) is 493 cm³/mol. The van der Waals surface area contributed by atoms with E-state index in [2.05, 4.69) is 161 Å². The van der Waals surface area contributed by atoms with E-state index in [0.717, 1.165) is 9.80 Å². The number of imidazole rings is 2. The molecule has 57 heteroatoms. The summed E-state index contributed by atoms with van der Waals surface area (Å²) in [6, 6.07) is -28.2. The summed E-state index contributed by atoms with van der Waals surface area (Å²) in [5.41, 5.74) is 11.1. The number of nitrogens with zero attached hydrogens (tertiary/aromatic N) is 4. The number of carbonyl (C=O) groups is 22. The summed E-state index contributed by atoms with van der Waals surface area (Å²) in [7, 11) is 0. The van der Waals surface area contributed by atoms with Crippen LogP contribution in [-0.2, 0) is 118 Å². The van der Waals surface area contributed by atoms with Gasteiger partial charge in [0, 0.05) is 80.7 Å². The van der Waals surface area contributed by atoms with E-state index in [1.165, 1.54) is 45.8 Å². The molecule has 18 amide bonds. The maximum atomic E-state index is 14.9. The third-order valence-corrected chi connectivity index (χ3v) is 23.8. The fourth-order valence-corrected chi connectivity index (χ4v) is 15.6. The van der Waals surface area contributed by atoms with Gasteiger partial charge in [-0.15, -0.1) is 0 Å². The number of hydrogen-bond donors (Lipinski definition) is 31. The lowest BCUT2D eigenvalue weighted by atomic mass is 9.97. The fraction of sp³-hybridized carbons (Fsp3) is 0.637. The van der Waals surface area contributed by atoms with E-state index < -0.39 is 307 Å². The van der Waals surface area contributed by atoms with E-state index >= 15 is 0 Å². The van der Waals surface area contributed by atoms with Gasteiger partial charge in [0.05, 0.1) is 49.5 Å². The van der Waals surface area contributed by atoms with Crippen LogP contribution in [0.3, 0.4) is 0 Å². The topological polar surface area (TPSA) is 821 Å². The van der Waals surface area contributed by atoms with Crippen molar-refractivity contribution in [1.82, 2.24) is 120 Å². The van der Waals surface area contributed by atoms with E-state index in [1.807, 2.05) is 0 Å². The zero-order chi connectivity index (χ0) is 102. The Kier molecular flexibility index (Phi) is 48.1. The monoisotopic (exact) mass is 2010 g/mol. The zero-order valence-electron chi connectivity index (χ0n) is 75.7. The number of aliphatic carboxylic acids is 4. The molecule has 0 spiro atoms. The Bertz CT molecular complexity index is 4590. The van der Waals surface area contributed by atoms with Crippen LogP contribution in [0.1, 0.15) is 142 Å². The van der Waals surface area contributed by atoms with Gasteiger partial charge in [0.25, 0.3) is 0 Å². The quantitative estimate of drug-likeness (QED) is 0.0127. The van der Waals surface area contributed by atoms with Gasteiger partial charge < -0.3 is 147 Å².